The molecule has 0 bridgehead atoms. The second-order valence-electron chi connectivity index (χ2n) is 4.19. The van der Waals surface area contributed by atoms with Crippen LogP contribution in [0.15, 0.2) is 12.4 Å². The molecule has 0 saturated carbocycles. The summed E-state index contributed by atoms with van der Waals surface area (Å²) in [6.45, 7) is 9.13. The molecule has 0 amide bonds. The molecule has 0 aliphatic carbocycles. The molecule has 86 valence electrons. The lowest BCUT2D eigenvalue weighted by Gasteiger charge is -2.08. The summed E-state index contributed by atoms with van der Waals surface area (Å²) in [6.07, 6.45) is 6.00. The second kappa shape index (κ2) is 6.62. The van der Waals surface area contributed by atoms with Crippen LogP contribution >= 0.6 is 0 Å². The maximum atomic E-state index is 5.57. The van der Waals surface area contributed by atoms with Crippen molar-refractivity contribution in [3.63, 3.8) is 0 Å². The van der Waals surface area contributed by atoms with Crippen molar-refractivity contribution in [2.45, 2.75) is 40.2 Å². The molecule has 15 heavy (non-hydrogen) atoms. The highest BCUT2D eigenvalue weighted by Gasteiger charge is 1.99. The molecule has 1 aromatic heterocycles. The second-order valence-corrected chi connectivity index (χ2v) is 4.19. The fourth-order valence-electron chi connectivity index (χ4n) is 1.44. The van der Waals surface area contributed by atoms with E-state index in [2.05, 4.69) is 30.3 Å². The van der Waals surface area contributed by atoms with Crippen molar-refractivity contribution in [3.8, 4) is 0 Å². The zero-order valence-corrected chi connectivity index (χ0v) is 10.1. The van der Waals surface area contributed by atoms with Crippen LogP contribution in [0.1, 0.15) is 33.0 Å². The van der Waals surface area contributed by atoms with E-state index in [9.17, 15) is 0 Å². The third-order valence-corrected chi connectivity index (χ3v) is 2.43. The normalized spacial score (nSPS) is 11.2. The number of rotatable bonds is 7. The van der Waals surface area contributed by atoms with Gasteiger partial charge in [0.05, 0.1) is 6.61 Å². The fraction of sp³-hybridized carbons (Fsp3) is 0.750. The molecule has 1 heterocycles. The Bertz CT molecular complexity index is 268. The van der Waals surface area contributed by atoms with Gasteiger partial charge >= 0.3 is 0 Å². The molecule has 0 saturated heterocycles. The molecule has 1 aromatic rings. The highest BCUT2D eigenvalue weighted by molar-refractivity contribution is 4.91. The number of hydrogen-bond donors (Lipinski definition) is 0. The van der Waals surface area contributed by atoms with Crippen molar-refractivity contribution < 1.29 is 4.74 Å². The predicted molar refractivity (Wildman–Crippen MR) is 61.9 cm³/mol. The van der Waals surface area contributed by atoms with Gasteiger partial charge < -0.3 is 9.30 Å². The summed E-state index contributed by atoms with van der Waals surface area (Å²) in [6, 6.07) is 0. The van der Waals surface area contributed by atoms with Gasteiger partial charge in [-0.3, -0.25) is 0 Å². The van der Waals surface area contributed by atoms with Crippen molar-refractivity contribution in [2.24, 2.45) is 5.92 Å². The fourth-order valence-corrected chi connectivity index (χ4v) is 1.44. The largest absolute Gasteiger partial charge is 0.380 e. The van der Waals surface area contributed by atoms with Crippen LogP contribution < -0.4 is 0 Å². The van der Waals surface area contributed by atoms with E-state index in [0.29, 0.717) is 0 Å². The summed E-state index contributed by atoms with van der Waals surface area (Å²) in [7, 11) is 0. The first-order valence-corrected chi connectivity index (χ1v) is 5.81. The Morgan fingerprint density at radius 3 is 2.87 bits per heavy atom. The van der Waals surface area contributed by atoms with E-state index in [1.807, 2.05) is 12.4 Å². The molecule has 0 radical (unpaired) electrons. The minimum atomic E-state index is 0.726. The summed E-state index contributed by atoms with van der Waals surface area (Å²) < 4.78 is 7.73. The Morgan fingerprint density at radius 1 is 1.40 bits per heavy atom. The number of hydrogen-bond acceptors (Lipinski definition) is 2. The Balaban J connectivity index is 2.15. The van der Waals surface area contributed by atoms with Crippen molar-refractivity contribution in [2.75, 3.05) is 13.2 Å². The number of nitrogens with zero attached hydrogens (tertiary/aromatic N) is 2. The van der Waals surface area contributed by atoms with Gasteiger partial charge in [0.15, 0.2) is 0 Å². The van der Waals surface area contributed by atoms with Crippen LogP contribution in [-0.4, -0.2) is 22.8 Å². The number of imidazole rings is 1. The van der Waals surface area contributed by atoms with Crippen molar-refractivity contribution in [1.82, 2.24) is 9.55 Å². The maximum Gasteiger partial charge on any atom is 0.108 e. The zero-order chi connectivity index (χ0) is 11.1. The first kappa shape index (κ1) is 12.2. The Labute approximate surface area is 92.5 Å². The highest BCUT2D eigenvalue weighted by atomic mass is 16.5. The maximum absolute atomic E-state index is 5.57. The molecule has 0 N–H and O–H groups in total. The quantitative estimate of drug-likeness (QED) is 0.647. The monoisotopic (exact) mass is 210 g/mol. The van der Waals surface area contributed by atoms with E-state index in [-0.39, 0.29) is 0 Å². The van der Waals surface area contributed by atoms with Gasteiger partial charge in [0, 0.05) is 32.0 Å². The third kappa shape index (κ3) is 4.47. The average molecular weight is 210 g/mol. The van der Waals surface area contributed by atoms with Gasteiger partial charge in [-0.1, -0.05) is 20.8 Å². The summed E-state index contributed by atoms with van der Waals surface area (Å²) in [5.74, 6) is 1.87. The van der Waals surface area contributed by atoms with Gasteiger partial charge in [0.2, 0.25) is 0 Å². The molecule has 0 aromatic carbocycles. The summed E-state index contributed by atoms with van der Waals surface area (Å²) in [5, 5.41) is 0. The summed E-state index contributed by atoms with van der Waals surface area (Å²) in [4.78, 5) is 4.27. The van der Waals surface area contributed by atoms with Crippen LogP contribution in [0.25, 0.3) is 0 Å². The lowest BCUT2D eigenvalue weighted by Crippen LogP contribution is -2.09. The van der Waals surface area contributed by atoms with Gasteiger partial charge in [-0.15, -0.1) is 0 Å². The average Bonchev–Trinajstić information content (AvgIpc) is 2.64. The molecule has 0 aliphatic heterocycles. The van der Waals surface area contributed by atoms with Crippen LogP contribution in [0.4, 0.5) is 0 Å². The molecule has 0 fully saturated rings. The molecular formula is C12H22N2O. The third-order valence-electron chi connectivity index (χ3n) is 2.43. The van der Waals surface area contributed by atoms with E-state index in [0.717, 1.165) is 44.3 Å². The first-order chi connectivity index (χ1) is 7.24. The van der Waals surface area contributed by atoms with Crippen LogP contribution in [0.2, 0.25) is 0 Å². The number of aromatic nitrogens is 2. The SMILES string of the molecule is CCc1nccn1CCOCCC(C)C. The molecule has 0 aliphatic rings. The molecule has 0 unspecified atom stereocenters. The molecule has 0 atom stereocenters. The molecular weight excluding hydrogens is 188 g/mol. The summed E-state index contributed by atoms with van der Waals surface area (Å²) in [5.41, 5.74) is 0. The van der Waals surface area contributed by atoms with Gasteiger partial charge in [0.25, 0.3) is 0 Å². The van der Waals surface area contributed by atoms with Gasteiger partial charge in [-0.05, 0) is 12.3 Å². The highest BCUT2D eigenvalue weighted by Crippen LogP contribution is 2.01. The van der Waals surface area contributed by atoms with E-state index < -0.39 is 0 Å². The molecule has 3 heteroatoms. The number of ether oxygens (including phenoxy) is 1. The van der Waals surface area contributed by atoms with Gasteiger partial charge in [-0.25, -0.2) is 4.98 Å². The van der Waals surface area contributed by atoms with Crippen LogP contribution in [0, 0.1) is 5.92 Å². The van der Waals surface area contributed by atoms with E-state index in [1.165, 1.54) is 0 Å². The van der Waals surface area contributed by atoms with Crippen molar-refractivity contribution in [3.05, 3.63) is 18.2 Å². The van der Waals surface area contributed by atoms with E-state index >= 15 is 0 Å². The topological polar surface area (TPSA) is 27.1 Å². The standard InChI is InChI=1S/C12H22N2O/c1-4-12-13-6-7-14(12)8-10-15-9-5-11(2)3/h6-7,11H,4-5,8-10H2,1-3H3. The smallest absolute Gasteiger partial charge is 0.108 e. The van der Waals surface area contributed by atoms with Crippen LogP contribution in [0.5, 0.6) is 0 Å². The van der Waals surface area contributed by atoms with Crippen molar-refractivity contribution in [1.29, 1.82) is 0 Å². The predicted octanol–water partition coefficient (Wildman–Crippen LogP) is 2.51. The van der Waals surface area contributed by atoms with E-state index in [4.69, 9.17) is 4.74 Å². The minimum absolute atomic E-state index is 0.726. The molecule has 3 nitrogen and oxygen atoms in total. The van der Waals surface area contributed by atoms with Crippen LogP contribution in [-0.2, 0) is 17.7 Å². The lowest BCUT2D eigenvalue weighted by molar-refractivity contribution is 0.116. The van der Waals surface area contributed by atoms with E-state index in [1.54, 1.807) is 0 Å². The van der Waals surface area contributed by atoms with Crippen molar-refractivity contribution >= 4 is 0 Å². The van der Waals surface area contributed by atoms with Crippen LogP contribution in [0.3, 0.4) is 0 Å². The zero-order valence-electron chi connectivity index (χ0n) is 10.1. The van der Waals surface area contributed by atoms with Gasteiger partial charge in [0.1, 0.15) is 5.82 Å². The molecule has 1 rings (SSSR count). The Kier molecular flexibility index (Phi) is 5.40. The first-order valence-electron chi connectivity index (χ1n) is 5.81. The minimum Gasteiger partial charge on any atom is -0.380 e. The van der Waals surface area contributed by atoms with Gasteiger partial charge in [-0.2, -0.15) is 0 Å². The lowest BCUT2D eigenvalue weighted by atomic mass is 10.1. The molecule has 0 spiro atoms. The number of aryl methyl sites for hydroxylation is 1. The summed E-state index contributed by atoms with van der Waals surface area (Å²) >= 11 is 0. The Hall–Kier alpha value is -0.830. The Morgan fingerprint density at radius 2 is 2.20 bits per heavy atom.